The van der Waals surface area contributed by atoms with Crippen molar-refractivity contribution in [1.29, 1.82) is 0 Å². The number of rotatable bonds is 3. The quantitative estimate of drug-likeness (QED) is 0.798. The highest BCUT2D eigenvalue weighted by Gasteiger charge is 2.40. The van der Waals surface area contributed by atoms with Crippen LogP contribution in [0.2, 0.25) is 11.6 Å². The van der Waals surface area contributed by atoms with Crippen molar-refractivity contribution in [1.82, 2.24) is 0 Å². The van der Waals surface area contributed by atoms with Gasteiger partial charge in [0.2, 0.25) is 0 Å². The van der Waals surface area contributed by atoms with E-state index in [9.17, 15) is 0 Å². The van der Waals surface area contributed by atoms with Crippen LogP contribution in [0.5, 0.6) is 5.75 Å². The molecule has 0 saturated heterocycles. The minimum Gasteiger partial charge on any atom is -0.392 e. The standard InChI is InChI=1S/C12H19O2Si/c1-12(2,3)15(4)14-11-7-5-6-10(8-11)9-13/h5-8,13H,9H2,1-4H3/q+1. The Morgan fingerprint density at radius 3 is 2.53 bits per heavy atom. The van der Waals surface area contributed by atoms with Crippen molar-refractivity contribution < 1.29 is 9.53 Å². The minimum atomic E-state index is -0.864. The van der Waals surface area contributed by atoms with Crippen molar-refractivity contribution in [3.63, 3.8) is 0 Å². The molecule has 0 unspecified atom stereocenters. The largest absolute Gasteiger partial charge is 0.544 e. The first kappa shape index (κ1) is 12.3. The fraction of sp³-hybridized carbons (Fsp3) is 0.500. The second kappa shape index (κ2) is 4.81. The van der Waals surface area contributed by atoms with Crippen LogP contribution >= 0.6 is 0 Å². The summed E-state index contributed by atoms with van der Waals surface area (Å²) in [5.74, 6) is 0.868. The Morgan fingerprint density at radius 2 is 2.00 bits per heavy atom. The van der Waals surface area contributed by atoms with Crippen molar-refractivity contribution in [3.05, 3.63) is 29.8 Å². The Labute approximate surface area is 93.6 Å². The van der Waals surface area contributed by atoms with Crippen LogP contribution < -0.4 is 4.43 Å². The van der Waals surface area contributed by atoms with Gasteiger partial charge in [0, 0.05) is 0 Å². The molecule has 0 spiro atoms. The summed E-state index contributed by atoms with van der Waals surface area (Å²) in [5.41, 5.74) is 0.899. The van der Waals surface area contributed by atoms with Gasteiger partial charge in [0.15, 0.2) is 5.75 Å². The number of aliphatic hydroxyl groups is 1. The molecule has 0 amide bonds. The van der Waals surface area contributed by atoms with Gasteiger partial charge in [0.1, 0.15) is 5.04 Å². The zero-order chi connectivity index (χ0) is 11.5. The second-order valence-corrected chi connectivity index (χ2v) is 7.53. The van der Waals surface area contributed by atoms with Gasteiger partial charge in [-0.15, -0.1) is 0 Å². The molecule has 0 heterocycles. The maximum atomic E-state index is 9.01. The summed E-state index contributed by atoms with van der Waals surface area (Å²) >= 11 is 0. The van der Waals surface area contributed by atoms with Crippen LogP contribution in [0.4, 0.5) is 0 Å². The fourth-order valence-corrected chi connectivity index (χ4v) is 1.82. The number of benzene rings is 1. The Balaban J connectivity index is 2.72. The lowest BCUT2D eigenvalue weighted by molar-refractivity contribution is 0.281. The smallest absolute Gasteiger partial charge is 0.392 e. The lowest BCUT2D eigenvalue weighted by atomic mass is 10.2. The maximum absolute atomic E-state index is 9.01. The molecule has 0 radical (unpaired) electrons. The third kappa shape index (κ3) is 3.68. The van der Waals surface area contributed by atoms with E-state index in [4.69, 9.17) is 9.53 Å². The van der Waals surface area contributed by atoms with Crippen molar-refractivity contribution in [2.75, 3.05) is 0 Å². The van der Waals surface area contributed by atoms with Gasteiger partial charge in [-0.25, -0.2) is 0 Å². The van der Waals surface area contributed by atoms with Gasteiger partial charge in [0.05, 0.1) is 13.2 Å². The van der Waals surface area contributed by atoms with E-state index in [1.165, 1.54) is 0 Å². The van der Waals surface area contributed by atoms with Crippen LogP contribution in [0.25, 0.3) is 0 Å². The highest BCUT2D eigenvalue weighted by Crippen LogP contribution is 2.28. The fourth-order valence-electron chi connectivity index (χ4n) is 1.04. The van der Waals surface area contributed by atoms with E-state index in [-0.39, 0.29) is 11.6 Å². The Morgan fingerprint density at radius 1 is 1.33 bits per heavy atom. The highest BCUT2D eigenvalue weighted by atomic mass is 28.3. The third-order valence-electron chi connectivity index (χ3n) is 2.41. The van der Waals surface area contributed by atoms with Crippen molar-refractivity contribution in [2.24, 2.45) is 0 Å². The topological polar surface area (TPSA) is 29.5 Å². The number of hydrogen-bond donors (Lipinski definition) is 1. The van der Waals surface area contributed by atoms with Gasteiger partial charge in [0.25, 0.3) is 0 Å². The molecule has 3 heteroatoms. The van der Waals surface area contributed by atoms with E-state index in [0.29, 0.717) is 0 Å². The Kier molecular flexibility index (Phi) is 3.94. The monoisotopic (exact) mass is 223 g/mol. The molecule has 15 heavy (non-hydrogen) atoms. The van der Waals surface area contributed by atoms with Crippen LogP contribution in [0.15, 0.2) is 24.3 Å². The molecular weight excluding hydrogens is 204 g/mol. The van der Waals surface area contributed by atoms with Gasteiger partial charge in [-0.2, -0.15) is 0 Å². The summed E-state index contributed by atoms with van der Waals surface area (Å²) < 4.78 is 5.91. The molecule has 0 saturated carbocycles. The van der Waals surface area contributed by atoms with Crippen molar-refractivity contribution in [2.45, 2.75) is 39.0 Å². The molecule has 0 aliphatic heterocycles. The van der Waals surface area contributed by atoms with Crippen LogP contribution in [0, 0.1) is 0 Å². The molecule has 1 aromatic rings. The molecule has 1 rings (SSSR count). The molecule has 0 aromatic heterocycles. The lowest BCUT2D eigenvalue weighted by Crippen LogP contribution is -2.28. The number of hydrogen-bond acceptors (Lipinski definition) is 2. The summed E-state index contributed by atoms with van der Waals surface area (Å²) in [6.45, 7) is 8.81. The van der Waals surface area contributed by atoms with E-state index in [2.05, 4.69) is 27.3 Å². The minimum absolute atomic E-state index is 0.0680. The lowest BCUT2D eigenvalue weighted by Gasteiger charge is -2.12. The van der Waals surface area contributed by atoms with Crippen LogP contribution in [-0.2, 0) is 6.61 Å². The molecule has 0 atom stereocenters. The van der Waals surface area contributed by atoms with Crippen LogP contribution in [0.1, 0.15) is 26.3 Å². The molecule has 1 N–H and O–H groups in total. The average molecular weight is 223 g/mol. The van der Waals surface area contributed by atoms with E-state index in [1.54, 1.807) is 0 Å². The zero-order valence-electron chi connectivity index (χ0n) is 9.87. The average Bonchev–Trinajstić information content (AvgIpc) is 2.16. The van der Waals surface area contributed by atoms with Crippen LogP contribution in [-0.4, -0.2) is 14.1 Å². The summed E-state index contributed by atoms with van der Waals surface area (Å²) in [6, 6.07) is 7.66. The highest BCUT2D eigenvalue weighted by molar-refractivity contribution is 6.54. The molecular formula is C12H19O2Si+. The Bertz CT molecular complexity index is 318. The molecule has 0 aliphatic carbocycles. The predicted octanol–water partition coefficient (Wildman–Crippen LogP) is 2.98. The summed E-state index contributed by atoms with van der Waals surface area (Å²) in [6.07, 6.45) is 0. The van der Waals surface area contributed by atoms with Gasteiger partial charge in [-0.05, 0) is 38.5 Å². The molecule has 0 bridgehead atoms. The SMILES string of the molecule is C[Si+](Oc1cccc(CO)c1)C(C)(C)C. The van der Waals surface area contributed by atoms with Gasteiger partial charge in [-0.1, -0.05) is 12.1 Å². The van der Waals surface area contributed by atoms with Gasteiger partial charge >= 0.3 is 9.04 Å². The first-order valence-corrected chi connectivity index (χ1v) is 7.06. The molecule has 0 fully saturated rings. The second-order valence-electron chi connectivity index (χ2n) is 4.71. The maximum Gasteiger partial charge on any atom is 0.544 e. The molecule has 0 aliphatic rings. The number of aliphatic hydroxyl groups excluding tert-OH is 1. The normalized spacial score (nSPS) is 11.3. The molecule has 2 nitrogen and oxygen atoms in total. The third-order valence-corrected chi connectivity index (χ3v) is 5.06. The van der Waals surface area contributed by atoms with Crippen molar-refractivity contribution in [3.8, 4) is 5.75 Å². The predicted molar refractivity (Wildman–Crippen MR) is 64.3 cm³/mol. The summed E-state index contributed by atoms with van der Waals surface area (Å²) in [5, 5.41) is 9.23. The Hall–Kier alpha value is -0.803. The van der Waals surface area contributed by atoms with Gasteiger partial charge < -0.3 is 9.53 Å². The van der Waals surface area contributed by atoms with E-state index in [1.807, 2.05) is 24.3 Å². The first-order chi connectivity index (χ1) is 6.93. The summed E-state index contributed by atoms with van der Waals surface area (Å²) in [4.78, 5) is 0. The van der Waals surface area contributed by atoms with Crippen molar-refractivity contribution >= 4 is 9.04 Å². The molecule has 1 aromatic carbocycles. The van der Waals surface area contributed by atoms with E-state index < -0.39 is 9.04 Å². The van der Waals surface area contributed by atoms with E-state index >= 15 is 0 Å². The molecule has 82 valence electrons. The zero-order valence-corrected chi connectivity index (χ0v) is 10.9. The van der Waals surface area contributed by atoms with Crippen LogP contribution in [0.3, 0.4) is 0 Å². The van der Waals surface area contributed by atoms with E-state index in [0.717, 1.165) is 11.3 Å². The first-order valence-electron chi connectivity index (χ1n) is 5.15. The van der Waals surface area contributed by atoms with Gasteiger partial charge in [-0.3, -0.25) is 0 Å². The summed E-state index contributed by atoms with van der Waals surface area (Å²) in [7, 11) is -0.864.